The largest absolute Gasteiger partial charge is 0.313 e. The van der Waals surface area contributed by atoms with E-state index in [0.29, 0.717) is 5.41 Å². The average Bonchev–Trinajstić information content (AvgIpc) is 3.10. The summed E-state index contributed by atoms with van der Waals surface area (Å²) in [6.45, 7) is 3.58. The van der Waals surface area contributed by atoms with E-state index in [1.165, 1.54) is 48.7 Å². The molecule has 3 rings (SSSR count). The minimum Gasteiger partial charge on any atom is -0.313 e. The van der Waals surface area contributed by atoms with Crippen LogP contribution in [0.2, 0.25) is 0 Å². The number of nitrogens with one attached hydrogen (secondary N) is 1. The smallest absolute Gasteiger partial charge is 0.0210 e. The molecule has 0 saturated heterocycles. The summed E-state index contributed by atoms with van der Waals surface area (Å²) < 4.78 is 1.28. The van der Waals surface area contributed by atoms with Crippen LogP contribution in [0.25, 0.3) is 0 Å². The molecule has 1 N–H and O–H groups in total. The van der Waals surface area contributed by atoms with Crippen molar-refractivity contribution in [1.29, 1.82) is 0 Å². The van der Waals surface area contributed by atoms with Crippen LogP contribution >= 0.6 is 15.9 Å². The Morgan fingerprint density at radius 3 is 2.61 bits per heavy atom. The molecular weight excluding hydrogens is 286 g/mol. The normalized spacial score (nSPS) is 28.8. The summed E-state index contributed by atoms with van der Waals surface area (Å²) in [4.78, 5) is 0. The van der Waals surface area contributed by atoms with Crippen LogP contribution in [0.4, 0.5) is 0 Å². The second-order valence-corrected chi connectivity index (χ2v) is 6.98. The van der Waals surface area contributed by atoms with Gasteiger partial charge in [-0.2, -0.15) is 0 Å². The van der Waals surface area contributed by atoms with Crippen LogP contribution < -0.4 is 5.32 Å². The van der Waals surface area contributed by atoms with Gasteiger partial charge in [0.25, 0.3) is 0 Å². The Morgan fingerprint density at radius 2 is 2.00 bits per heavy atom. The molecule has 2 saturated carbocycles. The molecule has 0 heterocycles. The van der Waals surface area contributed by atoms with Gasteiger partial charge in [0.05, 0.1) is 0 Å². The van der Waals surface area contributed by atoms with E-state index in [1.807, 2.05) is 0 Å². The monoisotopic (exact) mass is 307 g/mol. The summed E-state index contributed by atoms with van der Waals surface area (Å²) in [5, 5.41) is 3.78. The Bertz CT molecular complexity index is 419. The van der Waals surface area contributed by atoms with Crippen molar-refractivity contribution in [2.45, 2.75) is 51.0 Å². The van der Waals surface area contributed by atoms with E-state index in [0.717, 1.165) is 12.0 Å². The second-order valence-electron chi connectivity index (χ2n) is 6.12. The SMILES string of the molecule is CCC1(CNC2CC(c3ccccc3Br)C2)CC1. The number of halogens is 1. The minimum atomic E-state index is 0.679. The first kappa shape index (κ1) is 12.7. The third-order valence-corrected chi connectivity index (χ3v) is 5.68. The maximum atomic E-state index is 3.78. The highest BCUT2D eigenvalue weighted by molar-refractivity contribution is 9.10. The highest BCUT2D eigenvalue weighted by Crippen LogP contribution is 2.48. The molecule has 1 nitrogen and oxygen atoms in total. The molecule has 0 bridgehead atoms. The molecule has 0 spiro atoms. The Kier molecular flexibility index (Phi) is 3.50. The van der Waals surface area contributed by atoms with Crippen LogP contribution in [0.15, 0.2) is 28.7 Å². The van der Waals surface area contributed by atoms with Gasteiger partial charge in [0, 0.05) is 17.1 Å². The first-order valence-electron chi connectivity index (χ1n) is 7.20. The molecule has 1 aromatic carbocycles. The summed E-state index contributed by atoms with van der Waals surface area (Å²) in [5.41, 5.74) is 2.17. The van der Waals surface area contributed by atoms with Crippen LogP contribution in [0.1, 0.15) is 50.5 Å². The molecule has 18 heavy (non-hydrogen) atoms. The summed E-state index contributed by atoms with van der Waals surface area (Å²) in [6.07, 6.45) is 6.85. The molecule has 2 aliphatic rings. The molecule has 98 valence electrons. The van der Waals surface area contributed by atoms with Gasteiger partial charge in [-0.3, -0.25) is 0 Å². The zero-order chi connectivity index (χ0) is 12.6. The number of hydrogen-bond donors (Lipinski definition) is 1. The quantitative estimate of drug-likeness (QED) is 0.846. The van der Waals surface area contributed by atoms with Crippen molar-refractivity contribution >= 4 is 15.9 Å². The lowest BCUT2D eigenvalue weighted by Gasteiger charge is -2.37. The van der Waals surface area contributed by atoms with Gasteiger partial charge in [0.2, 0.25) is 0 Å². The number of benzene rings is 1. The van der Waals surface area contributed by atoms with Gasteiger partial charge in [0.15, 0.2) is 0 Å². The van der Waals surface area contributed by atoms with Crippen molar-refractivity contribution in [3.8, 4) is 0 Å². The van der Waals surface area contributed by atoms with Gasteiger partial charge >= 0.3 is 0 Å². The van der Waals surface area contributed by atoms with E-state index >= 15 is 0 Å². The molecule has 0 amide bonds. The predicted molar refractivity (Wildman–Crippen MR) is 79.9 cm³/mol. The Hall–Kier alpha value is -0.340. The summed E-state index contributed by atoms with van der Waals surface area (Å²) >= 11 is 3.66. The fourth-order valence-electron chi connectivity index (χ4n) is 3.04. The molecule has 2 aliphatic carbocycles. The lowest BCUT2D eigenvalue weighted by atomic mass is 9.75. The number of hydrogen-bond acceptors (Lipinski definition) is 1. The van der Waals surface area contributed by atoms with Gasteiger partial charge in [0.1, 0.15) is 0 Å². The van der Waals surface area contributed by atoms with Crippen molar-refractivity contribution < 1.29 is 0 Å². The molecule has 1 aromatic rings. The van der Waals surface area contributed by atoms with Crippen LogP contribution in [-0.4, -0.2) is 12.6 Å². The molecule has 2 fully saturated rings. The number of rotatable bonds is 5. The van der Waals surface area contributed by atoms with Gasteiger partial charge in [-0.05, 0) is 55.1 Å². The first-order chi connectivity index (χ1) is 8.72. The predicted octanol–water partition coefficient (Wildman–Crippen LogP) is 4.47. The Balaban J connectivity index is 1.47. The van der Waals surface area contributed by atoms with Crippen molar-refractivity contribution in [1.82, 2.24) is 5.32 Å². The molecule has 2 heteroatoms. The lowest BCUT2D eigenvalue weighted by molar-refractivity contribution is 0.268. The minimum absolute atomic E-state index is 0.679. The molecule has 0 radical (unpaired) electrons. The van der Waals surface area contributed by atoms with E-state index in [4.69, 9.17) is 0 Å². The van der Waals surface area contributed by atoms with Gasteiger partial charge in [-0.25, -0.2) is 0 Å². The highest BCUT2D eigenvalue weighted by Gasteiger charge is 2.41. The Labute approximate surface area is 118 Å². The van der Waals surface area contributed by atoms with Gasteiger partial charge < -0.3 is 5.32 Å². The standard InChI is InChI=1S/C16H22BrN/c1-2-16(7-8-16)11-18-13-9-12(10-13)14-5-3-4-6-15(14)17/h3-6,12-13,18H,2,7-11H2,1H3. The van der Waals surface area contributed by atoms with Gasteiger partial charge in [-0.1, -0.05) is 41.1 Å². The van der Waals surface area contributed by atoms with Crippen molar-refractivity contribution in [2.24, 2.45) is 5.41 Å². The molecule has 0 atom stereocenters. The molecular formula is C16H22BrN. The fourth-order valence-corrected chi connectivity index (χ4v) is 3.65. The summed E-state index contributed by atoms with van der Waals surface area (Å²) in [7, 11) is 0. The van der Waals surface area contributed by atoms with Crippen molar-refractivity contribution in [3.63, 3.8) is 0 Å². The molecule has 0 unspecified atom stereocenters. The van der Waals surface area contributed by atoms with Gasteiger partial charge in [-0.15, -0.1) is 0 Å². The summed E-state index contributed by atoms with van der Waals surface area (Å²) in [5.74, 6) is 0.759. The van der Waals surface area contributed by atoms with E-state index in [9.17, 15) is 0 Å². The maximum Gasteiger partial charge on any atom is 0.0210 e. The van der Waals surface area contributed by atoms with Crippen molar-refractivity contribution in [3.05, 3.63) is 34.3 Å². The van der Waals surface area contributed by atoms with Crippen LogP contribution in [0, 0.1) is 5.41 Å². The van der Waals surface area contributed by atoms with E-state index in [1.54, 1.807) is 0 Å². The van der Waals surface area contributed by atoms with Crippen LogP contribution in [-0.2, 0) is 0 Å². The Morgan fingerprint density at radius 1 is 1.28 bits per heavy atom. The van der Waals surface area contributed by atoms with Crippen LogP contribution in [0.5, 0.6) is 0 Å². The molecule has 0 aromatic heterocycles. The maximum absolute atomic E-state index is 3.78. The van der Waals surface area contributed by atoms with Crippen LogP contribution in [0.3, 0.4) is 0 Å². The third kappa shape index (κ3) is 2.50. The van der Waals surface area contributed by atoms with Crippen molar-refractivity contribution in [2.75, 3.05) is 6.54 Å². The first-order valence-corrected chi connectivity index (χ1v) is 7.99. The highest BCUT2D eigenvalue weighted by atomic mass is 79.9. The zero-order valence-corrected chi connectivity index (χ0v) is 12.7. The average molecular weight is 308 g/mol. The fraction of sp³-hybridized carbons (Fsp3) is 0.625. The molecule has 0 aliphatic heterocycles. The van der Waals surface area contributed by atoms with E-state index in [2.05, 4.69) is 52.4 Å². The second kappa shape index (κ2) is 4.97. The van der Waals surface area contributed by atoms with E-state index in [-0.39, 0.29) is 0 Å². The third-order valence-electron chi connectivity index (χ3n) is 4.96. The topological polar surface area (TPSA) is 12.0 Å². The van der Waals surface area contributed by atoms with E-state index < -0.39 is 0 Å². The summed E-state index contributed by atoms with van der Waals surface area (Å²) in [6, 6.07) is 9.43. The lowest BCUT2D eigenvalue weighted by Crippen LogP contribution is -2.42. The zero-order valence-electron chi connectivity index (χ0n) is 11.1.